The first-order chi connectivity index (χ1) is 13.1. The van der Waals surface area contributed by atoms with Gasteiger partial charge in [-0.15, -0.1) is 0 Å². The number of hydrogen-bond donors (Lipinski definition) is 0. The molecule has 0 unspecified atom stereocenters. The Morgan fingerprint density at radius 2 is 1.78 bits per heavy atom. The predicted octanol–water partition coefficient (Wildman–Crippen LogP) is 1.62. The van der Waals surface area contributed by atoms with Crippen molar-refractivity contribution in [1.29, 1.82) is 0 Å². The molecule has 0 bridgehead atoms. The fraction of sp³-hybridized carbons (Fsp3) is 0.600. The van der Waals surface area contributed by atoms with Gasteiger partial charge in [-0.05, 0) is 18.6 Å². The van der Waals surface area contributed by atoms with Crippen LogP contribution in [0.25, 0.3) is 0 Å². The van der Waals surface area contributed by atoms with Gasteiger partial charge in [0.1, 0.15) is 5.75 Å². The summed E-state index contributed by atoms with van der Waals surface area (Å²) in [6, 6.07) is 7.94. The second-order valence-electron chi connectivity index (χ2n) is 6.64. The topological polar surface area (TPSA) is 62.3 Å². The van der Waals surface area contributed by atoms with E-state index in [9.17, 15) is 9.59 Å². The number of para-hydroxylation sites is 2. The zero-order chi connectivity index (χ0) is 19.6. The molecule has 1 saturated heterocycles. The van der Waals surface area contributed by atoms with Crippen molar-refractivity contribution >= 4 is 17.5 Å². The van der Waals surface area contributed by atoms with E-state index in [-0.39, 0.29) is 11.8 Å². The summed E-state index contributed by atoms with van der Waals surface area (Å²) >= 11 is 0. The molecule has 0 radical (unpaired) electrons. The maximum Gasteiger partial charge on any atom is 0.224 e. The Bertz CT molecular complexity index is 615. The van der Waals surface area contributed by atoms with Crippen LogP contribution < -0.4 is 9.64 Å². The molecule has 0 aromatic heterocycles. The number of rotatable bonds is 9. The van der Waals surface area contributed by atoms with E-state index in [1.54, 1.807) is 26.0 Å². The van der Waals surface area contributed by atoms with E-state index >= 15 is 0 Å². The minimum Gasteiger partial charge on any atom is -0.495 e. The van der Waals surface area contributed by atoms with Gasteiger partial charge in [-0.3, -0.25) is 9.59 Å². The van der Waals surface area contributed by atoms with Gasteiger partial charge in [0.05, 0.1) is 12.8 Å². The lowest BCUT2D eigenvalue weighted by molar-refractivity contribution is -0.133. The van der Waals surface area contributed by atoms with E-state index < -0.39 is 0 Å². The van der Waals surface area contributed by atoms with Gasteiger partial charge in [0.2, 0.25) is 11.8 Å². The van der Waals surface area contributed by atoms with Crippen molar-refractivity contribution in [1.82, 2.24) is 9.80 Å². The van der Waals surface area contributed by atoms with Crippen LogP contribution in [0.5, 0.6) is 5.75 Å². The highest BCUT2D eigenvalue weighted by atomic mass is 16.5. The van der Waals surface area contributed by atoms with E-state index in [0.29, 0.717) is 39.2 Å². The first-order valence-corrected chi connectivity index (χ1v) is 9.47. The molecule has 0 atom stereocenters. The summed E-state index contributed by atoms with van der Waals surface area (Å²) in [5.41, 5.74) is 1.06. The molecule has 1 aliphatic rings. The second-order valence-corrected chi connectivity index (χ2v) is 6.64. The SMILES string of the molecule is COCCCN(CCC(=O)N1CCN(c2ccccc2OC)CC1)C(C)=O. The Hall–Kier alpha value is -2.28. The lowest BCUT2D eigenvalue weighted by Crippen LogP contribution is -2.49. The van der Waals surface area contributed by atoms with E-state index in [1.165, 1.54) is 0 Å². The Balaban J connectivity index is 1.81. The lowest BCUT2D eigenvalue weighted by Gasteiger charge is -2.37. The number of ether oxygens (including phenoxy) is 2. The molecule has 1 aliphatic heterocycles. The predicted molar refractivity (Wildman–Crippen MR) is 105 cm³/mol. The molecule has 150 valence electrons. The number of amides is 2. The summed E-state index contributed by atoms with van der Waals surface area (Å²) in [4.78, 5) is 30.1. The van der Waals surface area contributed by atoms with Crippen LogP contribution in [-0.4, -0.2) is 81.7 Å². The number of anilines is 1. The molecular formula is C20H31N3O4. The molecule has 0 N–H and O–H groups in total. The third-order valence-corrected chi connectivity index (χ3v) is 4.88. The summed E-state index contributed by atoms with van der Waals surface area (Å²) in [6.45, 7) is 6.16. The molecule has 1 fully saturated rings. The monoisotopic (exact) mass is 377 g/mol. The quantitative estimate of drug-likeness (QED) is 0.612. The van der Waals surface area contributed by atoms with Gasteiger partial charge >= 0.3 is 0 Å². The van der Waals surface area contributed by atoms with Crippen LogP contribution in [0.3, 0.4) is 0 Å². The molecular weight excluding hydrogens is 346 g/mol. The number of piperazine rings is 1. The third kappa shape index (κ3) is 6.13. The van der Waals surface area contributed by atoms with E-state index in [1.807, 2.05) is 29.2 Å². The Labute approximate surface area is 161 Å². The zero-order valence-electron chi connectivity index (χ0n) is 16.6. The number of benzene rings is 1. The highest BCUT2D eigenvalue weighted by Gasteiger charge is 2.23. The molecule has 0 saturated carbocycles. The highest BCUT2D eigenvalue weighted by molar-refractivity contribution is 5.78. The van der Waals surface area contributed by atoms with Crippen LogP contribution >= 0.6 is 0 Å². The standard InChI is InChI=1S/C20H31N3O4/c1-17(24)21(10-6-16-26-2)11-9-20(25)23-14-12-22(13-15-23)18-7-4-5-8-19(18)27-3/h4-5,7-8H,6,9-16H2,1-3H3. The Morgan fingerprint density at radius 1 is 1.07 bits per heavy atom. The summed E-state index contributed by atoms with van der Waals surface area (Å²) in [7, 11) is 3.32. The number of carbonyl (C=O) groups excluding carboxylic acids is 2. The number of carbonyl (C=O) groups is 2. The molecule has 0 aliphatic carbocycles. The average molecular weight is 377 g/mol. The van der Waals surface area contributed by atoms with E-state index in [4.69, 9.17) is 9.47 Å². The second kappa shape index (κ2) is 10.8. The molecule has 0 spiro atoms. The third-order valence-electron chi connectivity index (χ3n) is 4.88. The van der Waals surface area contributed by atoms with Crippen LogP contribution in [0.2, 0.25) is 0 Å². The van der Waals surface area contributed by atoms with Crippen LogP contribution in [0.1, 0.15) is 19.8 Å². The number of methoxy groups -OCH3 is 2. The summed E-state index contributed by atoms with van der Waals surface area (Å²) in [5.74, 6) is 0.956. The fourth-order valence-corrected chi connectivity index (χ4v) is 3.30. The zero-order valence-corrected chi connectivity index (χ0v) is 16.6. The van der Waals surface area contributed by atoms with Crippen molar-refractivity contribution in [2.45, 2.75) is 19.8 Å². The fourth-order valence-electron chi connectivity index (χ4n) is 3.30. The molecule has 7 heteroatoms. The van der Waals surface area contributed by atoms with Gasteiger partial charge in [0, 0.05) is 66.3 Å². The van der Waals surface area contributed by atoms with E-state index in [2.05, 4.69) is 4.90 Å². The van der Waals surface area contributed by atoms with Crippen molar-refractivity contribution in [3.05, 3.63) is 24.3 Å². The Morgan fingerprint density at radius 3 is 2.41 bits per heavy atom. The molecule has 7 nitrogen and oxygen atoms in total. The summed E-state index contributed by atoms with van der Waals surface area (Å²) < 4.78 is 10.5. The van der Waals surface area contributed by atoms with Crippen molar-refractivity contribution < 1.29 is 19.1 Å². The molecule has 1 aromatic carbocycles. The van der Waals surface area contributed by atoms with Crippen molar-refractivity contribution in [3.63, 3.8) is 0 Å². The molecule has 27 heavy (non-hydrogen) atoms. The summed E-state index contributed by atoms with van der Waals surface area (Å²) in [6.07, 6.45) is 1.14. The van der Waals surface area contributed by atoms with E-state index in [0.717, 1.165) is 30.9 Å². The highest BCUT2D eigenvalue weighted by Crippen LogP contribution is 2.28. The van der Waals surface area contributed by atoms with Gasteiger partial charge in [-0.1, -0.05) is 12.1 Å². The van der Waals surface area contributed by atoms with Crippen molar-refractivity contribution in [3.8, 4) is 5.75 Å². The smallest absolute Gasteiger partial charge is 0.224 e. The van der Waals surface area contributed by atoms with Gasteiger partial charge in [-0.25, -0.2) is 0 Å². The number of nitrogens with zero attached hydrogens (tertiary/aromatic N) is 3. The van der Waals surface area contributed by atoms with Crippen molar-refractivity contribution in [2.24, 2.45) is 0 Å². The van der Waals surface area contributed by atoms with Crippen LogP contribution in [-0.2, 0) is 14.3 Å². The molecule has 2 amide bonds. The first kappa shape index (κ1) is 21.0. The van der Waals surface area contributed by atoms with Gasteiger partial charge in [0.25, 0.3) is 0 Å². The Kier molecular flexibility index (Phi) is 8.39. The summed E-state index contributed by atoms with van der Waals surface area (Å²) in [5, 5.41) is 0. The number of hydrogen-bond acceptors (Lipinski definition) is 5. The van der Waals surface area contributed by atoms with Gasteiger partial charge in [0.15, 0.2) is 0 Å². The minimum absolute atomic E-state index is 0.0000972. The normalized spacial score (nSPS) is 14.2. The lowest BCUT2D eigenvalue weighted by atomic mass is 10.2. The van der Waals surface area contributed by atoms with Crippen LogP contribution in [0, 0.1) is 0 Å². The molecule has 2 rings (SSSR count). The maximum absolute atomic E-state index is 12.5. The average Bonchev–Trinajstić information content (AvgIpc) is 2.70. The van der Waals surface area contributed by atoms with Crippen LogP contribution in [0.4, 0.5) is 5.69 Å². The largest absolute Gasteiger partial charge is 0.495 e. The van der Waals surface area contributed by atoms with Gasteiger partial charge < -0.3 is 24.2 Å². The molecule has 1 heterocycles. The van der Waals surface area contributed by atoms with Crippen LogP contribution in [0.15, 0.2) is 24.3 Å². The molecule has 1 aromatic rings. The minimum atomic E-state index is -0.0000972. The van der Waals surface area contributed by atoms with Gasteiger partial charge in [-0.2, -0.15) is 0 Å². The first-order valence-electron chi connectivity index (χ1n) is 9.47. The maximum atomic E-state index is 12.5. The van der Waals surface area contributed by atoms with Crippen molar-refractivity contribution in [2.75, 3.05) is 65.0 Å².